The van der Waals surface area contributed by atoms with Crippen molar-refractivity contribution in [3.05, 3.63) is 24.3 Å². The minimum atomic E-state index is -0.690. The molecule has 0 radical (unpaired) electrons. The van der Waals surface area contributed by atoms with Gasteiger partial charge in [0.2, 0.25) is 5.95 Å². The fraction of sp³-hybridized carbons (Fsp3) is 0.333. The Bertz CT molecular complexity index is 606. The number of rotatable bonds is 1. The Morgan fingerprint density at radius 1 is 1.17 bits per heavy atom. The first-order valence-corrected chi connectivity index (χ1v) is 7.35. The van der Waals surface area contributed by atoms with Gasteiger partial charge in [-0.2, -0.15) is 4.98 Å². The topological polar surface area (TPSA) is 72.1 Å². The Morgan fingerprint density at radius 2 is 1.89 bits per heavy atom. The van der Waals surface area contributed by atoms with E-state index in [1.807, 2.05) is 24.3 Å². The van der Waals surface area contributed by atoms with Crippen molar-refractivity contribution in [1.82, 2.24) is 9.97 Å². The summed E-state index contributed by atoms with van der Waals surface area (Å²) in [7, 11) is -0.690. The number of nitrogens with zero attached hydrogens (tertiary/aromatic N) is 3. The molecular formula is C12H14N4OS. The van der Waals surface area contributed by atoms with Crippen LogP contribution < -0.4 is 10.6 Å². The van der Waals surface area contributed by atoms with E-state index in [4.69, 9.17) is 5.73 Å². The molecule has 0 atom stereocenters. The van der Waals surface area contributed by atoms with Crippen LogP contribution in [0.2, 0.25) is 0 Å². The summed E-state index contributed by atoms with van der Waals surface area (Å²) in [6.07, 6.45) is 0. The first-order valence-electron chi connectivity index (χ1n) is 5.86. The SMILES string of the molecule is Nc1nc(N2CCS(=O)CC2)c2ccccc2n1. The lowest BCUT2D eigenvalue weighted by Gasteiger charge is -2.28. The standard InChI is InChI=1S/C12H14N4OS/c13-12-14-10-4-2-1-3-9(10)11(15-12)16-5-7-18(17)8-6-16/h1-4H,5-8H2,(H2,13,14,15). The second-order valence-corrected chi connectivity index (χ2v) is 5.95. The molecule has 2 N–H and O–H groups in total. The van der Waals surface area contributed by atoms with Crippen LogP contribution >= 0.6 is 0 Å². The number of benzene rings is 1. The van der Waals surface area contributed by atoms with Gasteiger partial charge >= 0.3 is 0 Å². The molecule has 1 aromatic heterocycles. The quantitative estimate of drug-likeness (QED) is 0.822. The van der Waals surface area contributed by atoms with Crippen LogP contribution in [0.1, 0.15) is 0 Å². The molecule has 1 fully saturated rings. The number of aromatic nitrogens is 2. The van der Waals surface area contributed by atoms with E-state index in [2.05, 4.69) is 14.9 Å². The normalized spacial score (nSPS) is 17.2. The lowest BCUT2D eigenvalue weighted by molar-refractivity contribution is 0.672. The van der Waals surface area contributed by atoms with Crippen molar-refractivity contribution in [1.29, 1.82) is 0 Å². The number of fused-ring (bicyclic) bond motifs is 1. The maximum Gasteiger partial charge on any atom is 0.222 e. The number of nitrogens with two attached hydrogens (primary N) is 1. The van der Waals surface area contributed by atoms with E-state index in [1.165, 1.54) is 0 Å². The zero-order chi connectivity index (χ0) is 12.5. The van der Waals surface area contributed by atoms with Crippen molar-refractivity contribution in [3.63, 3.8) is 0 Å². The Hall–Kier alpha value is -1.69. The zero-order valence-corrected chi connectivity index (χ0v) is 10.7. The van der Waals surface area contributed by atoms with Gasteiger partial charge in [0, 0.05) is 40.8 Å². The molecule has 1 aliphatic heterocycles. The third kappa shape index (κ3) is 2.03. The number of para-hydroxylation sites is 1. The van der Waals surface area contributed by atoms with Crippen LogP contribution in [0, 0.1) is 0 Å². The van der Waals surface area contributed by atoms with Gasteiger partial charge in [-0.05, 0) is 12.1 Å². The Morgan fingerprint density at radius 3 is 2.67 bits per heavy atom. The van der Waals surface area contributed by atoms with E-state index in [1.54, 1.807) is 0 Å². The highest BCUT2D eigenvalue weighted by Crippen LogP contribution is 2.25. The molecule has 0 spiro atoms. The smallest absolute Gasteiger partial charge is 0.222 e. The molecule has 0 unspecified atom stereocenters. The van der Waals surface area contributed by atoms with E-state index >= 15 is 0 Å². The Balaban J connectivity index is 2.07. The van der Waals surface area contributed by atoms with Gasteiger partial charge in [-0.15, -0.1) is 0 Å². The van der Waals surface area contributed by atoms with Gasteiger partial charge in [-0.25, -0.2) is 4.98 Å². The van der Waals surface area contributed by atoms with Crippen LogP contribution in [0.5, 0.6) is 0 Å². The highest BCUT2D eigenvalue weighted by Gasteiger charge is 2.19. The van der Waals surface area contributed by atoms with E-state index in [0.29, 0.717) is 11.5 Å². The second-order valence-electron chi connectivity index (χ2n) is 4.26. The molecule has 1 aliphatic rings. The van der Waals surface area contributed by atoms with Gasteiger partial charge < -0.3 is 10.6 Å². The fourth-order valence-corrected chi connectivity index (χ4v) is 3.22. The largest absolute Gasteiger partial charge is 0.368 e. The van der Waals surface area contributed by atoms with Crippen molar-refractivity contribution in [3.8, 4) is 0 Å². The van der Waals surface area contributed by atoms with Crippen molar-refractivity contribution in [2.75, 3.05) is 35.2 Å². The third-order valence-corrected chi connectivity index (χ3v) is 4.35. The summed E-state index contributed by atoms with van der Waals surface area (Å²) in [5.41, 5.74) is 6.60. The van der Waals surface area contributed by atoms with Crippen molar-refractivity contribution in [2.24, 2.45) is 0 Å². The van der Waals surface area contributed by atoms with Crippen molar-refractivity contribution in [2.45, 2.75) is 0 Å². The summed E-state index contributed by atoms with van der Waals surface area (Å²) in [5.74, 6) is 2.53. The average Bonchev–Trinajstić information content (AvgIpc) is 2.38. The third-order valence-electron chi connectivity index (χ3n) is 3.08. The fourth-order valence-electron chi connectivity index (χ4n) is 2.17. The maximum atomic E-state index is 11.4. The summed E-state index contributed by atoms with van der Waals surface area (Å²) in [6, 6.07) is 7.83. The highest BCUT2D eigenvalue weighted by atomic mass is 32.2. The van der Waals surface area contributed by atoms with Gasteiger partial charge in [0.15, 0.2) is 0 Å². The molecule has 0 saturated carbocycles. The van der Waals surface area contributed by atoms with Crippen LogP contribution in [0.15, 0.2) is 24.3 Å². The summed E-state index contributed by atoms with van der Waals surface area (Å²) in [5, 5.41) is 0.999. The van der Waals surface area contributed by atoms with E-state index < -0.39 is 10.8 Å². The monoisotopic (exact) mass is 262 g/mol. The predicted molar refractivity (Wildman–Crippen MR) is 74.0 cm³/mol. The first-order chi connectivity index (χ1) is 8.74. The van der Waals surface area contributed by atoms with E-state index in [0.717, 1.165) is 29.8 Å². The van der Waals surface area contributed by atoms with E-state index in [-0.39, 0.29) is 5.95 Å². The Labute approximate surface area is 107 Å². The van der Waals surface area contributed by atoms with Gasteiger partial charge in [0.05, 0.1) is 5.52 Å². The van der Waals surface area contributed by atoms with Crippen LogP contribution in [0.4, 0.5) is 11.8 Å². The molecule has 6 heteroatoms. The lowest BCUT2D eigenvalue weighted by atomic mass is 10.2. The Kier molecular flexibility index (Phi) is 2.87. The van der Waals surface area contributed by atoms with Crippen LogP contribution in [0.3, 0.4) is 0 Å². The molecule has 94 valence electrons. The van der Waals surface area contributed by atoms with Gasteiger partial charge in [0.1, 0.15) is 5.82 Å². The molecule has 0 bridgehead atoms. The van der Waals surface area contributed by atoms with Gasteiger partial charge in [-0.3, -0.25) is 4.21 Å². The average molecular weight is 262 g/mol. The van der Waals surface area contributed by atoms with Crippen LogP contribution in [-0.4, -0.2) is 38.8 Å². The van der Waals surface area contributed by atoms with Gasteiger partial charge in [0.25, 0.3) is 0 Å². The summed E-state index contributed by atoms with van der Waals surface area (Å²) in [4.78, 5) is 10.7. The molecule has 2 aromatic rings. The van der Waals surface area contributed by atoms with Gasteiger partial charge in [-0.1, -0.05) is 12.1 Å². The van der Waals surface area contributed by atoms with Crippen molar-refractivity contribution < 1.29 is 4.21 Å². The summed E-state index contributed by atoms with van der Waals surface area (Å²) >= 11 is 0. The molecule has 5 nitrogen and oxygen atoms in total. The molecule has 3 rings (SSSR count). The van der Waals surface area contributed by atoms with Crippen LogP contribution in [-0.2, 0) is 10.8 Å². The number of hydrogen-bond acceptors (Lipinski definition) is 5. The molecule has 0 aliphatic carbocycles. The zero-order valence-electron chi connectivity index (χ0n) is 9.87. The minimum absolute atomic E-state index is 0.287. The maximum absolute atomic E-state index is 11.4. The molecule has 2 heterocycles. The first kappa shape index (κ1) is 11.4. The molecule has 1 aromatic carbocycles. The molecule has 1 saturated heterocycles. The molecular weight excluding hydrogens is 248 g/mol. The number of nitrogen functional groups attached to an aromatic ring is 1. The second kappa shape index (κ2) is 4.53. The summed E-state index contributed by atoms with van der Waals surface area (Å²) < 4.78 is 11.4. The summed E-state index contributed by atoms with van der Waals surface area (Å²) in [6.45, 7) is 1.51. The number of hydrogen-bond donors (Lipinski definition) is 1. The minimum Gasteiger partial charge on any atom is -0.368 e. The number of anilines is 2. The van der Waals surface area contributed by atoms with Crippen molar-refractivity contribution >= 4 is 33.5 Å². The predicted octanol–water partition coefficient (Wildman–Crippen LogP) is 0.781. The highest BCUT2D eigenvalue weighted by molar-refractivity contribution is 7.85. The molecule has 0 amide bonds. The lowest BCUT2D eigenvalue weighted by Crippen LogP contribution is -2.38. The molecule has 18 heavy (non-hydrogen) atoms. The van der Waals surface area contributed by atoms with Crippen LogP contribution in [0.25, 0.3) is 10.9 Å². The van der Waals surface area contributed by atoms with E-state index in [9.17, 15) is 4.21 Å².